The van der Waals surface area contributed by atoms with E-state index < -0.39 is 29.6 Å². The largest absolute Gasteiger partial charge is 0.508 e. The van der Waals surface area contributed by atoms with E-state index >= 15 is 0 Å². The van der Waals surface area contributed by atoms with Crippen LogP contribution in [0.5, 0.6) is 11.5 Å². The number of phenols is 2. The second-order valence-electron chi connectivity index (χ2n) is 6.79. The van der Waals surface area contributed by atoms with Crippen LogP contribution in [0.1, 0.15) is 26.3 Å². The highest BCUT2D eigenvalue weighted by Gasteiger charge is 2.23. The number of carboxylic acid groups (broad SMARTS) is 1. The molecule has 0 spiro atoms. The van der Waals surface area contributed by atoms with Crippen molar-refractivity contribution >= 4 is 23.5 Å². The van der Waals surface area contributed by atoms with E-state index in [2.05, 4.69) is 10.6 Å². The molecule has 8 heteroatoms. The number of carboxylic acids is 1. The number of carbonyl (C=O) groups excluding carboxylic acids is 2. The first kappa shape index (κ1) is 21.4. The van der Waals surface area contributed by atoms with Gasteiger partial charge in [-0.1, -0.05) is 30.3 Å². The third kappa shape index (κ3) is 5.60. The Balaban J connectivity index is 1.81. The molecule has 31 heavy (non-hydrogen) atoms. The monoisotopic (exact) mass is 420 g/mol. The Bertz CT molecular complexity index is 1100. The molecule has 0 aliphatic rings. The molecular weight excluding hydrogens is 400 g/mol. The van der Waals surface area contributed by atoms with Gasteiger partial charge < -0.3 is 26.0 Å². The van der Waals surface area contributed by atoms with Gasteiger partial charge in [0.05, 0.1) is 0 Å². The Kier molecular flexibility index (Phi) is 6.51. The van der Waals surface area contributed by atoms with Crippen molar-refractivity contribution in [3.63, 3.8) is 0 Å². The predicted octanol–water partition coefficient (Wildman–Crippen LogP) is 2.78. The summed E-state index contributed by atoms with van der Waals surface area (Å²) in [6.45, 7) is 0. The molecule has 0 bridgehead atoms. The molecule has 0 radical (unpaired) electrons. The summed E-state index contributed by atoms with van der Waals surface area (Å²) in [6.07, 6.45) is 0.143. The van der Waals surface area contributed by atoms with Crippen LogP contribution in [0.2, 0.25) is 0 Å². The van der Waals surface area contributed by atoms with E-state index in [0.717, 1.165) is 6.07 Å². The number of hydrogen-bond donors (Lipinski definition) is 5. The van der Waals surface area contributed by atoms with Crippen LogP contribution in [-0.4, -0.2) is 39.1 Å². The summed E-state index contributed by atoms with van der Waals surface area (Å²) in [5.74, 6) is -2.71. The summed E-state index contributed by atoms with van der Waals surface area (Å²) in [7, 11) is 0. The fraction of sp³-hybridized carbons (Fsp3) is 0.0870. The Morgan fingerprint density at radius 1 is 0.871 bits per heavy atom. The molecule has 3 aromatic carbocycles. The van der Waals surface area contributed by atoms with Gasteiger partial charge in [-0.3, -0.25) is 9.59 Å². The van der Waals surface area contributed by atoms with E-state index in [1.807, 2.05) is 0 Å². The number of nitrogens with one attached hydrogen (secondary N) is 2. The van der Waals surface area contributed by atoms with E-state index in [-0.39, 0.29) is 23.4 Å². The smallest absolute Gasteiger partial charge is 0.339 e. The van der Waals surface area contributed by atoms with Gasteiger partial charge in [0.15, 0.2) is 0 Å². The van der Waals surface area contributed by atoms with Crippen LogP contribution in [0.25, 0.3) is 0 Å². The molecule has 3 aromatic rings. The Morgan fingerprint density at radius 2 is 1.55 bits per heavy atom. The van der Waals surface area contributed by atoms with E-state index in [4.69, 9.17) is 5.11 Å². The molecule has 158 valence electrons. The molecule has 1 unspecified atom stereocenters. The molecule has 0 saturated carbocycles. The van der Waals surface area contributed by atoms with Gasteiger partial charge in [0.2, 0.25) is 5.91 Å². The molecule has 0 saturated heterocycles. The summed E-state index contributed by atoms with van der Waals surface area (Å²) in [6, 6.07) is 17.3. The van der Waals surface area contributed by atoms with E-state index in [1.165, 1.54) is 24.3 Å². The quantitative estimate of drug-likeness (QED) is 0.399. The van der Waals surface area contributed by atoms with Gasteiger partial charge in [-0.05, 0) is 42.0 Å². The first-order valence-corrected chi connectivity index (χ1v) is 9.34. The molecule has 1 atom stereocenters. The fourth-order valence-corrected chi connectivity index (χ4v) is 2.93. The van der Waals surface area contributed by atoms with Crippen LogP contribution in [0, 0.1) is 0 Å². The average Bonchev–Trinajstić information content (AvgIpc) is 2.75. The van der Waals surface area contributed by atoms with Crippen molar-refractivity contribution < 1.29 is 29.7 Å². The first-order chi connectivity index (χ1) is 14.8. The summed E-state index contributed by atoms with van der Waals surface area (Å²) < 4.78 is 0. The maximum absolute atomic E-state index is 12.9. The van der Waals surface area contributed by atoms with Crippen molar-refractivity contribution in [1.29, 1.82) is 0 Å². The van der Waals surface area contributed by atoms with Crippen LogP contribution in [-0.2, 0) is 11.2 Å². The van der Waals surface area contributed by atoms with Gasteiger partial charge in [-0.15, -0.1) is 0 Å². The minimum Gasteiger partial charge on any atom is -0.508 e. The van der Waals surface area contributed by atoms with Crippen molar-refractivity contribution in [3.05, 3.63) is 89.5 Å². The molecule has 0 aliphatic heterocycles. The van der Waals surface area contributed by atoms with Gasteiger partial charge in [-0.25, -0.2) is 4.79 Å². The second kappa shape index (κ2) is 9.45. The molecule has 8 nitrogen and oxygen atoms in total. The maximum atomic E-state index is 12.9. The van der Waals surface area contributed by atoms with E-state index in [1.54, 1.807) is 42.5 Å². The van der Waals surface area contributed by atoms with Crippen molar-refractivity contribution in [1.82, 2.24) is 5.32 Å². The minimum atomic E-state index is -1.30. The van der Waals surface area contributed by atoms with Gasteiger partial charge in [-0.2, -0.15) is 0 Å². The average molecular weight is 420 g/mol. The number of amides is 2. The third-order valence-corrected chi connectivity index (χ3v) is 4.53. The number of aromatic hydroxyl groups is 2. The molecule has 2 amide bonds. The van der Waals surface area contributed by atoms with Crippen LogP contribution in [0.3, 0.4) is 0 Å². The molecule has 0 fully saturated rings. The van der Waals surface area contributed by atoms with Gasteiger partial charge in [0.1, 0.15) is 23.1 Å². The highest BCUT2D eigenvalue weighted by Crippen LogP contribution is 2.22. The zero-order valence-corrected chi connectivity index (χ0v) is 16.3. The number of rotatable bonds is 7. The Hall–Kier alpha value is -4.33. The number of phenolic OH excluding ortho intramolecular Hbond substituents is 1. The molecule has 0 aliphatic carbocycles. The maximum Gasteiger partial charge on any atom is 0.339 e. The summed E-state index contributed by atoms with van der Waals surface area (Å²) in [5, 5.41) is 33.6. The minimum absolute atomic E-state index is 0.0760. The topological polar surface area (TPSA) is 136 Å². The first-order valence-electron chi connectivity index (χ1n) is 9.34. The lowest BCUT2D eigenvalue weighted by atomic mass is 10.0. The number of hydrogen-bond acceptors (Lipinski definition) is 5. The van der Waals surface area contributed by atoms with Gasteiger partial charge >= 0.3 is 5.97 Å². The fourth-order valence-electron chi connectivity index (χ4n) is 2.93. The van der Waals surface area contributed by atoms with Crippen molar-refractivity contribution in [2.45, 2.75) is 12.5 Å². The zero-order valence-electron chi connectivity index (χ0n) is 16.3. The van der Waals surface area contributed by atoms with E-state index in [9.17, 15) is 24.6 Å². The molecule has 0 heterocycles. The van der Waals surface area contributed by atoms with Gasteiger partial charge in [0, 0.05) is 23.7 Å². The lowest BCUT2D eigenvalue weighted by molar-refractivity contribution is -0.118. The molecule has 0 aromatic heterocycles. The Labute approximate surface area is 177 Å². The summed E-state index contributed by atoms with van der Waals surface area (Å²) in [5.41, 5.74) is 0.970. The number of aromatic carboxylic acids is 1. The second-order valence-corrected chi connectivity index (χ2v) is 6.79. The highest BCUT2D eigenvalue weighted by molar-refractivity contribution is 6.01. The van der Waals surface area contributed by atoms with Crippen molar-refractivity contribution in [3.8, 4) is 11.5 Å². The van der Waals surface area contributed by atoms with Crippen LogP contribution in [0.15, 0.2) is 72.8 Å². The predicted molar refractivity (Wildman–Crippen MR) is 113 cm³/mol. The molecule has 3 rings (SSSR count). The van der Waals surface area contributed by atoms with Crippen molar-refractivity contribution in [2.24, 2.45) is 0 Å². The van der Waals surface area contributed by atoms with Crippen LogP contribution >= 0.6 is 0 Å². The summed E-state index contributed by atoms with van der Waals surface area (Å²) in [4.78, 5) is 36.5. The van der Waals surface area contributed by atoms with E-state index in [0.29, 0.717) is 11.1 Å². The zero-order chi connectivity index (χ0) is 22.4. The van der Waals surface area contributed by atoms with Gasteiger partial charge in [0.25, 0.3) is 5.91 Å². The lowest BCUT2D eigenvalue weighted by Gasteiger charge is -2.19. The third-order valence-electron chi connectivity index (χ3n) is 4.53. The lowest BCUT2D eigenvalue weighted by Crippen LogP contribution is -2.45. The number of benzene rings is 3. The summed E-state index contributed by atoms with van der Waals surface area (Å²) >= 11 is 0. The standard InChI is InChI=1S/C23H20N2O6/c26-17-9-6-14(7-10-17)12-19(25-21(28)15-4-2-1-3-5-15)22(29)24-16-8-11-18(23(30)31)20(27)13-16/h1-11,13,19,26-27H,12H2,(H,24,29)(H,25,28)(H,30,31). The van der Waals surface area contributed by atoms with Crippen LogP contribution < -0.4 is 10.6 Å². The number of carbonyl (C=O) groups is 3. The van der Waals surface area contributed by atoms with Crippen LogP contribution in [0.4, 0.5) is 5.69 Å². The Morgan fingerprint density at radius 3 is 2.16 bits per heavy atom. The van der Waals surface area contributed by atoms with Crippen molar-refractivity contribution in [2.75, 3.05) is 5.32 Å². The molecular formula is C23H20N2O6. The normalized spacial score (nSPS) is 11.4. The molecule has 5 N–H and O–H groups in total. The highest BCUT2D eigenvalue weighted by atomic mass is 16.4. The SMILES string of the molecule is O=C(NC(Cc1ccc(O)cc1)C(=O)Nc1ccc(C(=O)O)c(O)c1)c1ccccc1. The number of anilines is 1.